The van der Waals surface area contributed by atoms with E-state index in [-0.39, 0.29) is 17.0 Å². The first-order valence-electron chi connectivity index (χ1n) is 5.19. The van der Waals surface area contributed by atoms with Crippen molar-refractivity contribution in [2.45, 2.75) is 13.3 Å². The van der Waals surface area contributed by atoms with E-state index in [0.29, 0.717) is 0 Å². The van der Waals surface area contributed by atoms with E-state index in [1.165, 1.54) is 5.82 Å². The lowest BCUT2D eigenvalue weighted by molar-refractivity contribution is -0.678. The predicted octanol–water partition coefficient (Wildman–Crippen LogP) is -1.25. The quantitative estimate of drug-likeness (QED) is 0.698. The van der Waals surface area contributed by atoms with Gasteiger partial charge >= 0.3 is 0 Å². The summed E-state index contributed by atoms with van der Waals surface area (Å²) < 4.78 is 4.17. The lowest BCUT2D eigenvalue weighted by Gasteiger charge is -2.03. The van der Waals surface area contributed by atoms with Crippen LogP contribution in [0.25, 0.3) is 0 Å². The SMILES string of the molecule is CCc1n(Nc2ccccc2)cc[n+]1C.[Br-]. The van der Waals surface area contributed by atoms with Gasteiger partial charge in [0.15, 0.2) is 6.20 Å². The van der Waals surface area contributed by atoms with E-state index in [9.17, 15) is 0 Å². The first kappa shape index (κ1) is 12.8. The number of hydrogen-bond acceptors (Lipinski definition) is 1. The van der Waals surface area contributed by atoms with Crippen molar-refractivity contribution < 1.29 is 21.5 Å². The number of aromatic nitrogens is 2. The van der Waals surface area contributed by atoms with Crippen LogP contribution in [-0.2, 0) is 13.5 Å². The predicted molar refractivity (Wildman–Crippen MR) is 60.4 cm³/mol. The molecule has 0 saturated heterocycles. The molecule has 0 unspecified atom stereocenters. The summed E-state index contributed by atoms with van der Waals surface area (Å²) in [4.78, 5) is 0. The fourth-order valence-corrected chi connectivity index (χ4v) is 1.68. The molecule has 3 nitrogen and oxygen atoms in total. The molecule has 0 spiro atoms. The van der Waals surface area contributed by atoms with Gasteiger partial charge in [-0.3, -0.25) is 0 Å². The highest BCUT2D eigenvalue weighted by Gasteiger charge is 2.11. The van der Waals surface area contributed by atoms with E-state index >= 15 is 0 Å². The molecule has 0 aliphatic carbocycles. The molecule has 0 atom stereocenters. The van der Waals surface area contributed by atoms with Gasteiger partial charge in [-0.1, -0.05) is 25.1 Å². The highest BCUT2D eigenvalue weighted by molar-refractivity contribution is 5.42. The van der Waals surface area contributed by atoms with E-state index in [1.54, 1.807) is 0 Å². The second kappa shape index (κ2) is 5.70. The summed E-state index contributed by atoms with van der Waals surface area (Å²) in [5, 5.41) is 0. The van der Waals surface area contributed by atoms with Gasteiger partial charge in [-0.15, -0.1) is 4.68 Å². The molecule has 0 amide bonds. The summed E-state index contributed by atoms with van der Waals surface area (Å²) in [5.41, 5.74) is 4.44. The van der Waals surface area contributed by atoms with Crippen molar-refractivity contribution in [3.05, 3.63) is 48.5 Å². The Morgan fingerprint density at radius 1 is 1.25 bits per heavy atom. The monoisotopic (exact) mass is 281 g/mol. The maximum atomic E-state index is 3.34. The molecular formula is C12H16BrN3. The molecule has 1 aromatic carbocycles. The van der Waals surface area contributed by atoms with Crippen LogP contribution in [0.5, 0.6) is 0 Å². The molecule has 1 heterocycles. The van der Waals surface area contributed by atoms with Crippen LogP contribution in [0.4, 0.5) is 5.69 Å². The minimum Gasteiger partial charge on any atom is -1.00 e. The van der Waals surface area contributed by atoms with Gasteiger partial charge < -0.3 is 17.0 Å². The van der Waals surface area contributed by atoms with Crippen LogP contribution in [0, 0.1) is 0 Å². The summed E-state index contributed by atoms with van der Waals surface area (Å²) in [6.07, 6.45) is 5.09. The van der Waals surface area contributed by atoms with Gasteiger partial charge in [0.1, 0.15) is 6.20 Å². The topological polar surface area (TPSA) is 20.8 Å². The van der Waals surface area contributed by atoms with Gasteiger partial charge in [-0.25, -0.2) is 9.99 Å². The van der Waals surface area contributed by atoms with Crippen LogP contribution in [-0.4, -0.2) is 4.68 Å². The largest absolute Gasteiger partial charge is 1.00 e. The van der Waals surface area contributed by atoms with Crippen LogP contribution in [0.15, 0.2) is 42.7 Å². The number of imidazole rings is 1. The van der Waals surface area contributed by atoms with Crippen LogP contribution < -0.4 is 27.0 Å². The summed E-state index contributed by atoms with van der Waals surface area (Å²) >= 11 is 0. The van der Waals surface area contributed by atoms with Crippen molar-refractivity contribution in [1.29, 1.82) is 0 Å². The molecule has 2 aromatic rings. The Morgan fingerprint density at radius 3 is 2.56 bits per heavy atom. The van der Waals surface area contributed by atoms with Crippen molar-refractivity contribution in [2.75, 3.05) is 5.43 Å². The van der Waals surface area contributed by atoms with Gasteiger partial charge in [-0.05, 0) is 12.1 Å². The Morgan fingerprint density at radius 2 is 1.94 bits per heavy atom. The summed E-state index contributed by atoms with van der Waals surface area (Å²) in [6, 6.07) is 10.2. The molecule has 0 radical (unpaired) electrons. The third-order valence-corrected chi connectivity index (χ3v) is 2.46. The van der Waals surface area contributed by atoms with Gasteiger partial charge in [-0.2, -0.15) is 0 Å². The number of halogens is 1. The van der Waals surface area contributed by atoms with Gasteiger partial charge in [0.05, 0.1) is 12.7 Å². The number of benzene rings is 1. The van der Waals surface area contributed by atoms with E-state index in [1.807, 2.05) is 24.4 Å². The van der Waals surface area contributed by atoms with E-state index in [2.05, 4.69) is 47.0 Å². The first-order valence-corrected chi connectivity index (χ1v) is 5.19. The number of rotatable bonds is 3. The van der Waals surface area contributed by atoms with Crippen molar-refractivity contribution >= 4 is 5.69 Å². The van der Waals surface area contributed by atoms with Gasteiger partial charge in [0.2, 0.25) is 0 Å². The molecule has 0 fully saturated rings. The normalized spacial score (nSPS) is 9.62. The lowest BCUT2D eigenvalue weighted by Crippen LogP contribution is -3.00. The third kappa shape index (κ3) is 2.64. The highest BCUT2D eigenvalue weighted by atomic mass is 79.9. The number of para-hydroxylation sites is 1. The van der Waals surface area contributed by atoms with Crippen LogP contribution in [0.2, 0.25) is 0 Å². The first-order chi connectivity index (χ1) is 7.31. The van der Waals surface area contributed by atoms with E-state index < -0.39 is 0 Å². The fourth-order valence-electron chi connectivity index (χ4n) is 1.68. The number of nitrogens with zero attached hydrogens (tertiary/aromatic N) is 2. The Kier molecular flexibility index (Phi) is 4.55. The van der Waals surface area contributed by atoms with Crippen LogP contribution in [0.3, 0.4) is 0 Å². The lowest BCUT2D eigenvalue weighted by atomic mass is 10.3. The zero-order valence-electron chi connectivity index (χ0n) is 9.52. The van der Waals surface area contributed by atoms with E-state index in [0.717, 1.165) is 12.1 Å². The zero-order valence-corrected chi connectivity index (χ0v) is 11.1. The van der Waals surface area contributed by atoms with Crippen LogP contribution >= 0.6 is 0 Å². The van der Waals surface area contributed by atoms with Crippen molar-refractivity contribution in [3.63, 3.8) is 0 Å². The number of anilines is 1. The third-order valence-electron chi connectivity index (χ3n) is 2.46. The van der Waals surface area contributed by atoms with Crippen molar-refractivity contribution in [2.24, 2.45) is 7.05 Å². The molecule has 4 heteroatoms. The van der Waals surface area contributed by atoms with Crippen LogP contribution in [0.1, 0.15) is 12.7 Å². The fraction of sp³-hybridized carbons (Fsp3) is 0.250. The number of hydrogen-bond donors (Lipinski definition) is 1. The van der Waals surface area contributed by atoms with Crippen molar-refractivity contribution in [1.82, 2.24) is 4.68 Å². The molecule has 0 bridgehead atoms. The second-order valence-corrected chi connectivity index (χ2v) is 3.53. The Bertz CT molecular complexity index is 437. The Hall–Kier alpha value is -1.29. The van der Waals surface area contributed by atoms with Crippen molar-refractivity contribution in [3.8, 4) is 0 Å². The standard InChI is InChI=1S/C12H16N3.BrH/c1-3-12-14(2)9-10-15(12)13-11-7-5-4-6-8-11;/h4-10,13H,3H2,1-2H3;1H/q+1;/p-1. The molecule has 86 valence electrons. The molecule has 0 saturated carbocycles. The minimum atomic E-state index is 0. The maximum absolute atomic E-state index is 3.34. The second-order valence-electron chi connectivity index (χ2n) is 3.53. The Balaban J connectivity index is 0.00000128. The molecule has 2 rings (SSSR count). The van der Waals surface area contributed by atoms with E-state index in [4.69, 9.17) is 0 Å². The summed E-state index contributed by atoms with van der Waals surface area (Å²) in [7, 11) is 2.06. The minimum absolute atomic E-state index is 0. The number of nitrogens with one attached hydrogen (secondary N) is 1. The Labute approximate surface area is 106 Å². The molecule has 1 N–H and O–H groups in total. The summed E-state index contributed by atoms with van der Waals surface area (Å²) in [6.45, 7) is 2.15. The maximum Gasteiger partial charge on any atom is 0.279 e. The van der Waals surface area contributed by atoms with Gasteiger partial charge in [0.25, 0.3) is 5.82 Å². The molecule has 0 aliphatic rings. The van der Waals surface area contributed by atoms with Gasteiger partial charge in [0, 0.05) is 6.42 Å². The highest BCUT2D eigenvalue weighted by Crippen LogP contribution is 2.06. The zero-order chi connectivity index (χ0) is 10.7. The average molecular weight is 282 g/mol. The average Bonchev–Trinajstić information content (AvgIpc) is 2.61. The molecule has 1 aromatic heterocycles. The number of aryl methyl sites for hydroxylation is 1. The summed E-state index contributed by atoms with van der Waals surface area (Å²) in [5.74, 6) is 1.25. The molecular weight excluding hydrogens is 266 g/mol. The smallest absolute Gasteiger partial charge is 0.279 e. The molecule has 0 aliphatic heterocycles. The molecule has 16 heavy (non-hydrogen) atoms.